The van der Waals surface area contributed by atoms with Gasteiger partial charge in [-0.25, -0.2) is 4.79 Å². The van der Waals surface area contributed by atoms with Crippen LogP contribution in [0.4, 0.5) is 32.0 Å². The Kier molecular flexibility index (Phi) is 11.4. The van der Waals surface area contributed by atoms with E-state index >= 15 is 0 Å². The third-order valence-electron chi connectivity index (χ3n) is 9.43. The lowest BCUT2D eigenvalue weighted by molar-refractivity contribution is -0.291. The predicted octanol–water partition coefficient (Wildman–Crippen LogP) is 4.20. The Balaban J connectivity index is 1.69. The molecule has 4 unspecified atom stereocenters. The van der Waals surface area contributed by atoms with E-state index in [9.17, 15) is 50.3 Å². The van der Waals surface area contributed by atoms with Gasteiger partial charge in [-0.05, 0) is 73.0 Å². The maximum Gasteiger partial charge on any atom is 0.411 e. The molecule has 0 saturated heterocycles. The zero-order chi connectivity index (χ0) is 39.0. The highest BCUT2D eigenvalue weighted by molar-refractivity contribution is 5.98. The van der Waals surface area contributed by atoms with Crippen molar-refractivity contribution in [2.45, 2.75) is 102 Å². The van der Waals surface area contributed by atoms with Gasteiger partial charge in [-0.2, -0.15) is 26.3 Å². The van der Waals surface area contributed by atoms with Gasteiger partial charge in [0.1, 0.15) is 12.1 Å². The summed E-state index contributed by atoms with van der Waals surface area (Å²) in [5, 5.41) is 18.4. The van der Waals surface area contributed by atoms with E-state index in [1.165, 1.54) is 16.3 Å². The van der Waals surface area contributed by atoms with Crippen molar-refractivity contribution in [1.82, 2.24) is 20.9 Å². The Morgan fingerprint density at radius 1 is 0.904 bits per heavy atom. The molecule has 4 atom stereocenters. The number of nitrogens with one attached hydrogen (secondary N) is 4. The van der Waals surface area contributed by atoms with Crippen LogP contribution in [0.1, 0.15) is 68.8 Å². The Bertz CT molecular complexity index is 1730. The number of halogens is 6. The number of carboxylic acid groups (broad SMARTS) is 1. The Morgan fingerprint density at radius 3 is 2.17 bits per heavy atom. The van der Waals surface area contributed by atoms with Gasteiger partial charge in [0, 0.05) is 18.7 Å². The minimum absolute atomic E-state index is 0.119. The number of anilines is 1. The number of benzene rings is 2. The van der Waals surface area contributed by atoms with Crippen LogP contribution in [0.15, 0.2) is 42.5 Å². The number of aryl methyl sites for hydroxylation is 1. The summed E-state index contributed by atoms with van der Waals surface area (Å²) in [5.41, 5.74) is 1.15. The highest BCUT2D eigenvalue weighted by Gasteiger charge is 2.78. The zero-order valence-electron chi connectivity index (χ0n) is 29.1. The molecule has 0 fully saturated rings. The number of amides is 4. The molecule has 0 spiro atoms. The van der Waals surface area contributed by atoms with E-state index in [4.69, 9.17) is 5.11 Å². The van der Waals surface area contributed by atoms with Crippen molar-refractivity contribution in [2.24, 2.45) is 5.41 Å². The molecule has 11 nitrogen and oxygen atoms in total. The zero-order valence-corrected chi connectivity index (χ0v) is 29.1. The molecular formula is C35H41F6N5O6. The summed E-state index contributed by atoms with van der Waals surface area (Å²) in [6.45, 7) is 6.30. The summed E-state index contributed by atoms with van der Waals surface area (Å²) in [6, 6.07) is 7.60. The van der Waals surface area contributed by atoms with E-state index in [1.807, 2.05) is 24.3 Å². The standard InChI is InChI=1S/C35H41F6N5O6/c1-18(42-5)27(47)45-26(32(2,3)4)29(49)46-17-21-15-22(43-30(50)33(36,37)35(40,41)34(38,39)31(51)52)14-13-20(21)16-25(46)28(48)44-24-12-8-10-19-9-6-7-11-23(19)24/h6-7,9,11,13-15,18,24-26,42H,8,10,12,16-17H2,1-5H3,(H,43,50)(H,44,48)(H,45,47)(H,51,52). The molecule has 17 heteroatoms. The molecule has 0 saturated carbocycles. The van der Waals surface area contributed by atoms with Crippen molar-refractivity contribution in [3.63, 3.8) is 0 Å². The molecule has 1 aliphatic heterocycles. The number of likely N-dealkylation sites (N-methyl/N-ethyl adjacent to an activating group) is 1. The van der Waals surface area contributed by atoms with Gasteiger partial charge in [0.25, 0.3) is 0 Å². The summed E-state index contributed by atoms with van der Waals surface area (Å²) in [7, 11) is 1.55. The van der Waals surface area contributed by atoms with Crippen LogP contribution in [0.25, 0.3) is 0 Å². The lowest BCUT2D eigenvalue weighted by Crippen LogP contribution is -2.62. The van der Waals surface area contributed by atoms with Gasteiger partial charge >= 0.3 is 29.6 Å². The third-order valence-corrected chi connectivity index (χ3v) is 9.43. The Labute approximate surface area is 295 Å². The lowest BCUT2D eigenvalue weighted by Gasteiger charge is -2.42. The molecule has 0 aromatic heterocycles. The fourth-order valence-corrected chi connectivity index (χ4v) is 6.20. The first-order valence-electron chi connectivity index (χ1n) is 16.5. The smallest absolute Gasteiger partial charge is 0.411 e. The topological polar surface area (TPSA) is 157 Å². The molecule has 5 N–H and O–H groups in total. The molecule has 2 aromatic carbocycles. The maximum atomic E-state index is 14.4. The van der Waals surface area contributed by atoms with Gasteiger partial charge in [0.2, 0.25) is 17.7 Å². The number of alkyl halides is 6. The quantitative estimate of drug-likeness (QED) is 0.216. The highest BCUT2D eigenvalue weighted by Crippen LogP contribution is 2.46. The van der Waals surface area contributed by atoms with E-state index in [-0.39, 0.29) is 24.6 Å². The molecular weight excluding hydrogens is 700 g/mol. The molecule has 4 amide bonds. The SMILES string of the molecule is CNC(C)C(=O)NC(C(=O)N1Cc2cc(NC(=O)C(F)(F)C(F)(F)C(F)(F)C(=O)O)ccc2CC1C(=O)NC1CCCc2ccccc21)C(C)(C)C. The second kappa shape index (κ2) is 14.8. The molecule has 2 aliphatic rings. The molecule has 0 bridgehead atoms. The second-order valence-corrected chi connectivity index (χ2v) is 14.1. The summed E-state index contributed by atoms with van der Waals surface area (Å²) in [5.74, 6) is -27.2. The molecule has 1 aliphatic carbocycles. The van der Waals surface area contributed by atoms with Crippen molar-refractivity contribution in [2.75, 3.05) is 12.4 Å². The van der Waals surface area contributed by atoms with Gasteiger partial charge < -0.3 is 31.3 Å². The van der Waals surface area contributed by atoms with Crippen molar-refractivity contribution < 1.29 is 55.4 Å². The predicted molar refractivity (Wildman–Crippen MR) is 176 cm³/mol. The molecule has 2 aromatic rings. The number of carbonyl (C=O) groups excluding carboxylic acids is 4. The number of hydrogen-bond donors (Lipinski definition) is 5. The molecule has 284 valence electrons. The molecule has 4 rings (SSSR count). The minimum Gasteiger partial charge on any atom is -0.477 e. The fourth-order valence-electron chi connectivity index (χ4n) is 6.20. The van der Waals surface area contributed by atoms with Gasteiger partial charge in [-0.3, -0.25) is 19.2 Å². The van der Waals surface area contributed by atoms with Crippen molar-refractivity contribution in [3.8, 4) is 0 Å². The van der Waals surface area contributed by atoms with Crippen LogP contribution >= 0.6 is 0 Å². The second-order valence-electron chi connectivity index (χ2n) is 14.1. The first kappa shape index (κ1) is 40.1. The molecule has 1 heterocycles. The largest absolute Gasteiger partial charge is 0.477 e. The monoisotopic (exact) mass is 741 g/mol. The first-order valence-corrected chi connectivity index (χ1v) is 16.5. The van der Waals surface area contributed by atoms with Crippen molar-refractivity contribution in [3.05, 3.63) is 64.7 Å². The third kappa shape index (κ3) is 7.73. The highest BCUT2D eigenvalue weighted by atomic mass is 19.3. The van der Waals surface area contributed by atoms with Gasteiger partial charge in [0.05, 0.1) is 12.1 Å². The van der Waals surface area contributed by atoms with E-state index in [2.05, 4.69) is 16.0 Å². The number of carboxylic acids is 1. The summed E-state index contributed by atoms with van der Waals surface area (Å²) in [4.78, 5) is 65.5. The van der Waals surface area contributed by atoms with Crippen LogP contribution < -0.4 is 21.3 Å². The molecule has 0 radical (unpaired) electrons. The van der Waals surface area contributed by atoms with E-state index < -0.39 is 76.6 Å². The van der Waals surface area contributed by atoms with Crippen LogP contribution in [0.3, 0.4) is 0 Å². The normalized spacial score (nSPS) is 19.0. The van der Waals surface area contributed by atoms with Crippen LogP contribution in [0, 0.1) is 5.41 Å². The van der Waals surface area contributed by atoms with Crippen LogP contribution in [0.2, 0.25) is 0 Å². The Hall–Kier alpha value is -4.67. The number of aliphatic carboxylic acids is 1. The average molecular weight is 742 g/mol. The van der Waals surface area contributed by atoms with Crippen LogP contribution in [-0.2, 0) is 43.4 Å². The first-order chi connectivity index (χ1) is 24.0. The number of carbonyl (C=O) groups is 5. The van der Waals surface area contributed by atoms with Crippen LogP contribution in [-0.4, -0.2) is 82.5 Å². The Morgan fingerprint density at radius 2 is 1.56 bits per heavy atom. The average Bonchev–Trinajstić information content (AvgIpc) is 3.08. The minimum atomic E-state index is -6.61. The van der Waals surface area contributed by atoms with E-state index in [0.29, 0.717) is 12.0 Å². The van der Waals surface area contributed by atoms with Crippen molar-refractivity contribution >= 4 is 35.3 Å². The summed E-state index contributed by atoms with van der Waals surface area (Å²) < 4.78 is 84.1. The lowest BCUT2D eigenvalue weighted by atomic mass is 9.83. The van der Waals surface area contributed by atoms with E-state index in [1.54, 1.807) is 34.7 Å². The van der Waals surface area contributed by atoms with Gasteiger partial charge in [0.15, 0.2) is 0 Å². The number of rotatable bonds is 11. The summed E-state index contributed by atoms with van der Waals surface area (Å²) >= 11 is 0. The summed E-state index contributed by atoms with van der Waals surface area (Å²) in [6.07, 6.45) is 2.14. The van der Waals surface area contributed by atoms with Crippen molar-refractivity contribution in [1.29, 1.82) is 0 Å². The van der Waals surface area contributed by atoms with E-state index in [0.717, 1.165) is 36.1 Å². The van der Waals surface area contributed by atoms with Crippen LogP contribution in [0.5, 0.6) is 0 Å². The van der Waals surface area contributed by atoms with Gasteiger partial charge in [-0.1, -0.05) is 51.1 Å². The fraction of sp³-hybridized carbons (Fsp3) is 0.514. The maximum absolute atomic E-state index is 14.4. The number of nitrogens with zero attached hydrogens (tertiary/aromatic N) is 1. The van der Waals surface area contributed by atoms with Gasteiger partial charge in [-0.15, -0.1) is 0 Å². The molecule has 52 heavy (non-hydrogen) atoms. The number of hydrogen-bond acceptors (Lipinski definition) is 6. The number of fused-ring (bicyclic) bond motifs is 2.